The third-order valence-electron chi connectivity index (χ3n) is 3.35. The number of fused-ring (bicyclic) bond motifs is 1. The van der Waals surface area contributed by atoms with Gasteiger partial charge in [0, 0.05) is 23.0 Å². The average Bonchev–Trinajstić information content (AvgIpc) is 2.92. The van der Waals surface area contributed by atoms with Gasteiger partial charge in [-0.3, -0.25) is 9.59 Å². The lowest BCUT2D eigenvalue weighted by molar-refractivity contribution is -0.152. The number of aliphatic carboxylic acids is 1. The standard InChI is InChI=1S/C13H11NO4/c15-12(16)11-9(6-18-13(11)17)8-5-14-10-4-2-1-3-7(8)10/h1-5,9,11,14H,6H2,(H,15,16)/t9-,11+/m0/s1. The number of aromatic amines is 1. The van der Waals surface area contributed by atoms with Crippen LogP contribution < -0.4 is 0 Å². The van der Waals surface area contributed by atoms with Crippen LogP contribution in [0, 0.1) is 5.92 Å². The van der Waals surface area contributed by atoms with Gasteiger partial charge in [0.25, 0.3) is 0 Å². The summed E-state index contributed by atoms with van der Waals surface area (Å²) in [5.74, 6) is -3.32. The Labute approximate surface area is 102 Å². The van der Waals surface area contributed by atoms with Crippen LogP contribution in [0.25, 0.3) is 10.9 Å². The van der Waals surface area contributed by atoms with E-state index in [9.17, 15) is 9.59 Å². The fourth-order valence-electron chi connectivity index (χ4n) is 2.47. The third-order valence-corrected chi connectivity index (χ3v) is 3.35. The maximum Gasteiger partial charge on any atom is 0.321 e. The SMILES string of the molecule is O=C(O)[C@@H]1C(=O)OC[C@H]1c1c[nH]c2ccccc12. The smallest absolute Gasteiger partial charge is 0.321 e. The van der Waals surface area contributed by atoms with Crippen molar-refractivity contribution in [1.29, 1.82) is 0 Å². The monoisotopic (exact) mass is 245 g/mol. The number of cyclic esters (lactones) is 1. The Morgan fingerprint density at radius 3 is 2.94 bits per heavy atom. The summed E-state index contributed by atoms with van der Waals surface area (Å²) < 4.78 is 4.88. The molecule has 0 spiro atoms. The zero-order chi connectivity index (χ0) is 12.7. The lowest BCUT2D eigenvalue weighted by Gasteiger charge is -2.10. The van der Waals surface area contributed by atoms with Gasteiger partial charge in [0.2, 0.25) is 0 Å². The minimum atomic E-state index is -1.13. The second kappa shape index (κ2) is 3.87. The highest BCUT2D eigenvalue weighted by Crippen LogP contribution is 2.36. The minimum Gasteiger partial charge on any atom is -0.481 e. The van der Waals surface area contributed by atoms with Crippen molar-refractivity contribution in [2.75, 3.05) is 6.61 Å². The molecular formula is C13H11NO4. The van der Waals surface area contributed by atoms with Crippen LogP contribution in [-0.4, -0.2) is 28.6 Å². The first-order chi connectivity index (χ1) is 8.68. The van der Waals surface area contributed by atoms with E-state index in [4.69, 9.17) is 9.84 Å². The van der Waals surface area contributed by atoms with Crippen LogP contribution in [0.1, 0.15) is 11.5 Å². The minimum absolute atomic E-state index is 0.123. The Balaban J connectivity index is 2.09. The summed E-state index contributed by atoms with van der Waals surface area (Å²) in [5, 5.41) is 10.1. The molecular weight excluding hydrogens is 234 g/mol. The molecule has 1 aliphatic heterocycles. The number of carbonyl (C=O) groups is 2. The molecule has 5 nitrogen and oxygen atoms in total. The van der Waals surface area contributed by atoms with Crippen molar-refractivity contribution in [1.82, 2.24) is 4.98 Å². The van der Waals surface area contributed by atoms with Gasteiger partial charge in [-0.15, -0.1) is 0 Å². The van der Waals surface area contributed by atoms with Crippen molar-refractivity contribution in [3.63, 3.8) is 0 Å². The predicted octanol–water partition coefficient (Wildman–Crippen LogP) is 1.51. The van der Waals surface area contributed by atoms with Gasteiger partial charge < -0.3 is 14.8 Å². The van der Waals surface area contributed by atoms with E-state index >= 15 is 0 Å². The number of hydrogen-bond donors (Lipinski definition) is 2. The largest absolute Gasteiger partial charge is 0.481 e. The Kier molecular flexibility index (Phi) is 2.33. The fourth-order valence-corrected chi connectivity index (χ4v) is 2.47. The van der Waals surface area contributed by atoms with Crippen LogP contribution in [0.3, 0.4) is 0 Å². The Hall–Kier alpha value is -2.30. The number of carboxylic acid groups (broad SMARTS) is 1. The topological polar surface area (TPSA) is 79.4 Å². The Bertz CT molecular complexity index is 631. The Morgan fingerprint density at radius 1 is 1.39 bits per heavy atom. The van der Waals surface area contributed by atoms with E-state index < -0.39 is 23.8 Å². The lowest BCUT2D eigenvalue weighted by Crippen LogP contribution is -2.23. The van der Waals surface area contributed by atoms with E-state index in [1.54, 1.807) is 6.20 Å². The molecule has 1 aliphatic rings. The van der Waals surface area contributed by atoms with Crippen molar-refractivity contribution in [3.05, 3.63) is 36.0 Å². The molecule has 2 heterocycles. The second-order valence-corrected chi connectivity index (χ2v) is 4.34. The van der Waals surface area contributed by atoms with Crippen molar-refractivity contribution in [3.8, 4) is 0 Å². The molecule has 3 rings (SSSR count). The molecule has 2 N–H and O–H groups in total. The van der Waals surface area contributed by atoms with E-state index in [-0.39, 0.29) is 6.61 Å². The van der Waals surface area contributed by atoms with Crippen LogP contribution in [0.2, 0.25) is 0 Å². The number of rotatable bonds is 2. The van der Waals surface area contributed by atoms with Crippen LogP contribution in [0.5, 0.6) is 0 Å². The zero-order valence-electron chi connectivity index (χ0n) is 9.42. The molecule has 1 aromatic carbocycles. The number of nitrogens with one attached hydrogen (secondary N) is 1. The molecule has 0 amide bonds. The summed E-state index contributed by atoms with van der Waals surface area (Å²) in [6.45, 7) is 0.123. The van der Waals surface area contributed by atoms with Gasteiger partial charge in [-0.2, -0.15) is 0 Å². The molecule has 0 bridgehead atoms. The zero-order valence-corrected chi connectivity index (χ0v) is 9.42. The van der Waals surface area contributed by atoms with Crippen LogP contribution in [0.4, 0.5) is 0 Å². The van der Waals surface area contributed by atoms with E-state index in [1.165, 1.54) is 0 Å². The normalized spacial score (nSPS) is 23.2. The maximum absolute atomic E-state index is 11.4. The van der Waals surface area contributed by atoms with Crippen LogP contribution in [-0.2, 0) is 14.3 Å². The number of benzene rings is 1. The molecule has 18 heavy (non-hydrogen) atoms. The number of hydrogen-bond acceptors (Lipinski definition) is 3. The van der Waals surface area contributed by atoms with E-state index in [2.05, 4.69) is 4.98 Å². The molecule has 2 atom stereocenters. The van der Waals surface area contributed by atoms with Gasteiger partial charge in [-0.1, -0.05) is 18.2 Å². The van der Waals surface area contributed by atoms with Gasteiger partial charge >= 0.3 is 11.9 Å². The molecule has 0 aliphatic carbocycles. The molecule has 0 unspecified atom stereocenters. The Morgan fingerprint density at radius 2 is 2.17 bits per heavy atom. The fraction of sp³-hybridized carbons (Fsp3) is 0.231. The molecule has 0 radical (unpaired) electrons. The van der Waals surface area contributed by atoms with Crippen molar-refractivity contribution < 1.29 is 19.4 Å². The highest BCUT2D eigenvalue weighted by atomic mass is 16.5. The summed E-state index contributed by atoms with van der Waals surface area (Å²) in [7, 11) is 0. The molecule has 1 aromatic heterocycles. The molecule has 2 aromatic rings. The number of esters is 1. The first-order valence-electron chi connectivity index (χ1n) is 5.64. The van der Waals surface area contributed by atoms with E-state index in [0.29, 0.717) is 0 Å². The summed E-state index contributed by atoms with van der Waals surface area (Å²) in [5.41, 5.74) is 1.75. The summed E-state index contributed by atoms with van der Waals surface area (Å²) in [4.78, 5) is 25.7. The van der Waals surface area contributed by atoms with Gasteiger partial charge in [-0.05, 0) is 11.6 Å². The number of aromatic nitrogens is 1. The first-order valence-corrected chi connectivity index (χ1v) is 5.64. The van der Waals surface area contributed by atoms with Crippen LogP contribution >= 0.6 is 0 Å². The number of carboxylic acids is 1. The molecule has 92 valence electrons. The van der Waals surface area contributed by atoms with Crippen LogP contribution in [0.15, 0.2) is 30.5 Å². The maximum atomic E-state index is 11.4. The molecule has 5 heteroatoms. The number of para-hydroxylation sites is 1. The highest BCUT2D eigenvalue weighted by molar-refractivity contribution is 5.97. The molecule has 0 saturated carbocycles. The van der Waals surface area contributed by atoms with Gasteiger partial charge in [0.15, 0.2) is 5.92 Å². The van der Waals surface area contributed by atoms with Crippen molar-refractivity contribution >= 4 is 22.8 Å². The van der Waals surface area contributed by atoms with Crippen molar-refractivity contribution in [2.24, 2.45) is 5.92 Å². The number of carbonyl (C=O) groups excluding carboxylic acids is 1. The number of H-pyrrole nitrogens is 1. The predicted molar refractivity (Wildman–Crippen MR) is 63.1 cm³/mol. The molecule has 1 fully saturated rings. The quantitative estimate of drug-likeness (QED) is 0.621. The first kappa shape index (κ1) is 10.8. The second-order valence-electron chi connectivity index (χ2n) is 4.34. The summed E-state index contributed by atoms with van der Waals surface area (Å²) in [6.07, 6.45) is 1.76. The summed E-state index contributed by atoms with van der Waals surface area (Å²) in [6, 6.07) is 7.59. The third kappa shape index (κ3) is 1.48. The van der Waals surface area contributed by atoms with Gasteiger partial charge in [-0.25, -0.2) is 0 Å². The van der Waals surface area contributed by atoms with Crippen molar-refractivity contribution in [2.45, 2.75) is 5.92 Å². The highest BCUT2D eigenvalue weighted by Gasteiger charge is 2.44. The summed E-state index contributed by atoms with van der Waals surface area (Å²) >= 11 is 0. The van der Waals surface area contributed by atoms with E-state index in [1.807, 2.05) is 24.3 Å². The lowest BCUT2D eigenvalue weighted by atomic mass is 9.88. The number of ether oxygens (including phenoxy) is 1. The van der Waals surface area contributed by atoms with Gasteiger partial charge in [0.1, 0.15) is 0 Å². The van der Waals surface area contributed by atoms with E-state index in [0.717, 1.165) is 16.5 Å². The van der Waals surface area contributed by atoms with Gasteiger partial charge in [0.05, 0.1) is 6.61 Å². The molecule has 1 saturated heterocycles. The average molecular weight is 245 g/mol.